The Balaban J connectivity index is 2.83. The van der Waals surface area contributed by atoms with Crippen LogP contribution < -0.4 is 0 Å². The first-order valence-corrected chi connectivity index (χ1v) is 3.54. The Bertz CT molecular complexity index is 267. The van der Waals surface area contributed by atoms with Gasteiger partial charge in [0.25, 0.3) is 0 Å². The molecule has 0 aliphatic rings. The zero-order valence-corrected chi connectivity index (χ0v) is 6.65. The van der Waals surface area contributed by atoms with Gasteiger partial charge in [0.2, 0.25) is 0 Å². The van der Waals surface area contributed by atoms with E-state index < -0.39 is 6.18 Å². The molecule has 0 unspecified atom stereocenters. The largest absolute Gasteiger partial charge is 0.396 e. The van der Waals surface area contributed by atoms with E-state index in [-0.39, 0.29) is 17.0 Å². The van der Waals surface area contributed by atoms with Gasteiger partial charge < -0.3 is 0 Å². The molecule has 0 atom stereocenters. The van der Waals surface area contributed by atoms with E-state index in [1.54, 1.807) is 6.07 Å². The summed E-state index contributed by atoms with van der Waals surface area (Å²) in [5.74, 6) is 0. The maximum Gasteiger partial charge on any atom is 0.396 e. The van der Waals surface area contributed by atoms with Crippen molar-refractivity contribution in [1.29, 1.82) is 0 Å². The highest BCUT2D eigenvalue weighted by Crippen LogP contribution is 2.27. The lowest BCUT2D eigenvalue weighted by molar-refractivity contribution is -0.0927. The summed E-state index contributed by atoms with van der Waals surface area (Å²) in [5.41, 5.74) is -0.00772. The first kappa shape index (κ1) is 9.39. The molecule has 0 fully saturated rings. The summed E-state index contributed by atoms with van der Waals surface area (Å²) in [6, 6.07) is 5.81. The molecule has 0 aliphatic heterocycles. The fourth-order valence-corrected chi connectivity index (χ4v) is 0.959. The lowest BCUT2D eigenvalue weighted by Crippen LogP contribution is -2.08. The molecular formula is C8H5ClF3. The van der Waals surface area contributed by atoms with Crippen LogP contribution in [0.3, 0.4) is 0 Å². The average Bonchev–Trinajstić information content (AvgIpc) is 1.91. The van der Waals surface area contributed by atoms with E-state index in [0.29, 0.717) is 0 Å². The third-order valence-electron chi connectivity index (χ3n) is 1.22. The van der Waals surface area contributed by atoms with Gasteiger partial charge in [-0.2, -0.15) is 13.2 Å². The van der Waals surface area contributed by atoms with Crippen LogP contribution in [0.4, 0.5) is 13.2 Å². The second kappa shape index (κ2) is 3.35. The van der Waals surface area contributed by atoms with Crippen LogP contribution in [0.25, 0.3) is 0 Å². The molecule has 0 N–H and O–H groups in total. The molecule has 0 aromatic heterocycles. The van der Waals surface area contributed by atoms with Gasteiger partial charge in [0.05, 0.1) is 6.42 Å². The van der Waals surface area contributed by atoms with Crippen molar-refractivity contribution in [3.8, 4) is 0 Å². The monoisotopic (exact) mass is 193 g/mol. The van der Waals surface area contributed by atoms with Crippen LogP contribution in [-0.4, -0.2) is 6.18 Å². The van der Waals surface area contributed by atoms with E-state index in [1.165, 1.54) is 18.2 Å². The molecule has 1 aromatic carbocycles. The summed E-state index contributed by atoms with van der Waals surface area (Å²) in [7, 11) is 0. The summed E-state index contributed by atoms with van der Waals surface area (Å²) < 4.78 is 35.4. The Hall–Kier alpha value is -0.700. The van der Waals surface area contributed by atoms with Gasteiger partial charge in [-0.3, -0.25) is 0 Å². The number of benzene rings is 1. The lowest BCUT2D eigenvalue weighted by atomic mass is 10.1. The van der Waals surface area contributed by atoms with Crippen molar-refractivity contribution in [2.45, 2.75) is 6.18 Å². The van der Waals surface area contributed by atoms with Crippen LogP contribution >= 0.6 is 11.6 Å². The van der Waals surface area contributed by atoms with Gasteiger partial charge in [0, 0.05) is 5.02 Å². The van der Waals surface area contributed by atoms with Gasteiger partial charge in [0.1, 0.15) is 0 Å². The zero-order chi connectivity index (χ0) is 9.19. The van der Waals surface area contributed by atoms with Crippen molar-refractivity contribution >= 4 is 11.6 Å². The molecule has 4 heteroatoms. The summed E-state index contributed by atoms with van der Waals surface area (Å²) >= 11 is 5.50. The third-order valence-corrected chi connectivity index (χ3v) is 1.57. The summed E-state index contributed by atoms with van der Waals surface area (Å²) in [6.45, 7) is 0. The third kappa shape index (κ3) is 2.74. The van der Waals surface area contributed by atoms with Crippen LogP contribution in [0.1, 0.15) is 5.56 Å². The normalized spacial score (nSPS) is 11.7. The maximum absolute atomic E-state index is 11.8. The molecule has 0 amide bonds. The first-order valence-electron chi connectivity index (χ1n) is 3.16. The van der Waals surface area contributed by atoms with Gasteiger partial charge >= 0.3 is 6.18 Å². The molecule has 0 spiro atoms. The van der Waals surface area contributed by atoms with Crippen LogP contribution in [0.2, 0.25) is 5.02 Å². The van der Waals surface area contributed by atoms with Gasteiger partial charge in [-0.25, -0.2) is 0 Å². The van der Waals surface area contributed by atoms with Crippen LogP contribution in [0.5, 0.6) is 0 Å². The van der Waals surface area contributed by atoms with Crippen molar-refractivity contribution in [1.82, 2.24) is 0 Å². The molecule has 0 nitrogen and oxygen atoms in total. The van der Waals surface area contributed by atoms with E-state index in [2.05, 4.69) is 0 Å². The minimum Gasteiger partial charge on any atom is -0.170 e. The van der Waals surface area contributed by atoms with Crippen molar-refractivity contribution < 1.29 is 13.2 Å². The highest BCUT2D eigenvalue weighted by molar-refractivity contribution is 6.31. The number of hydrogen-bond donors (Lipinski definition) is 0. The van der Waals surface area contributed by atoms with E-state index in [1.807, 2.05) is 0 Å². The highest BCUT2D eigenvalue weighted by atomic mass is 35.5. The topological polar surface area (TPSA) is 0 Å². The van der Waals surface area contributed by atoms with Crippen molar-refractivity contribution in [3.05, 3.63) is 41.3 Å². The maximum atomic E-state index is 11.8. The minimum atomic E-state index is -4.31. The average molecular weight is 194 g/mol. The molecular weight excluding hydrogens is 189 g/mol. The smallest absolute Gasteiger partial charge is 0.170 e. The lowest BCUT2D eigenvalue weighted by Gasteiger charge is -2.06. The zero-order valence-electron chi connectivity index (χ0n) is 5.90. The van der Waals surface area contributed by atoms with Crippen molar-refractivity contribution in [2.24, 2.45) is 0 Å². The van der Waals surface area contributed by atoms with Gasteiger partial charge in [-0.05, 0) is 11.6 Å². The Morgan fingerprint density at radius 3 is 2.25 bits per heavy atom. The molecule has 0 bridgehead atoms. The number of rotatable bonds is 1. The number of halogens is 4. The van der Waals surface area contributed by atoms with E-state index >= 15 is 0 Å². The molecule has 0 aliphatic carbocycles. The number of alkyl halides is 3. The van der Waals surface area contributed by atoms with Gasteiger partial charge in [-0.15, -0.1) is 0 Å². The van der Waals surface area contributed by atoms with Gasteiger partial charge in [-0.1, -0.05) is 29.8 Å². The molecule has 0 heterocycles. The fourth-order valence-electron chi connectivity index (χ4n) is 0.768. The minimum absolute atomic E-state index is 0.00772. The molecule has 1 radical (unpaired) electrons. The van der Waals surface area contributed by atoms with Gasteiger partial charge in [0.15, 0.2) is 0 Å². The van der Waals surface area contributed by atoms with Crippen molar-refractivity contribution in [2.75, 3.05) is 0 Å². The molecule has 12 heavy (non-hydrogen) atoms. The summed E-state index contributed by atoms with van der Waals surface area (Å²) in [4.78, 5) is 0. The predicted octanol–water partition coefficient (Wildman–Crippen LogP) is 3.45. The second-order valence-electron chi connectivity index (χ2n) is 2.21. The van der Waals surface area contributed by atoms with Crippen molar-refractivity contribution in [3.63, 3.8) is 0 Å². The number of hydrogen-bond acceptors (Lipinski definition) is 0. The molecule has 1 rings (SSSR count). The molecule has 1 aromatic rings. The second-order valence-corrected chi connectivity index (χ2v) is 2.61. The van der Waals surface area contributed by atoms with Crippen LogP contribution in [-0.2, 0) is 0 Å². The first-order chi connectivity index (χ1) is 5.49. The van der Waals surface area contributed by atoms with E-state index in [0.717, 1.165) is 0 Å². The molecule has 65 valence electrons. The van der Waals surface area contributed by atoms with E-state index in [4.69, 9.17) is 11.6 Å². The quantitative estimate of drug-likeness (QED) is 0.641. The highest BCUT2D eigenvalue weighted by Gasteiger charge is 2.29. The Morgan fingerprint density at radius 2 is 1.75 bits per heavy atom. The van der Waals surface area contributed by atoms with Crippen LogP contribution in [0.15, 0.2) is 24.3 Å². The standard InChI is InChI=1S/C8H5ClF3/c9-7-4-2-1-3-6(7)5-8(10,11)12/h1-5H. The Labute approximate surface area is 73.0 Å². The predicted molar refractivity (Wildman–Crippen MR) is 40.9 cm³/mol. The SMILES string of the molecule is FC(F)(F)[CH]c1ccccc1Cl. The fraction of sp³-hybridized carbons (Fsp3) is 0.125. The Kier molecular flexibility index (Phi) is 2.62. The molecule has 0 saturated heterocycles. The summed E-state index contributed by atoms with van der Waals surface area (Å²) in [5, 5.41) is 0.106. The van der Waals surface area contributed by atoms with Crippen LogP contribution in [0, 0.1) is 6.42 Å². The van der Waals surface area contributed by atoms with E-state index in [9.17, 15) is 13.2 Å². The Morgan fingerprint density at radius 1 is 1.17 bits per heavy atom. The summed E-state index contributed by atoms with van der Waals surface area (Å²) in [6.07, 6.45) is -4.14. The molecule has 0 saturated carbocycles.